The van der Waals surface area contributed by atoms with Crippen LogP contribution in [0.2, 0.25) is 0 Å². The van der Waals surface area contributed by atoms with Crippen molar-refractivity contribution in [1.82, 2.24) is 9.99 Å². The maximum atomic E-state index is 12.5. The summed E-state index contributed by atoms with van der Waals surface area (Å²) in [7, 11) is -3.13. The highest BCUT2D eigenvalue weighted by atomic mass is 32.2. The van der Waals surface area contributed by atoms with Crippen molar-refractivity contribution < 1.29 is 18.0 Å². The van der Waals surface area contributed by atoms with Crippen molar-refractivity contribution in [2.24, 2.45) is 11.0 Å². The molecule has 1 N–H and O–H groups in total. The molecule has 0 radical (unpaired) electrons. The fraction of sp³-hybridized carbons (Fsp3) is 0.429. The van der Waals surface area contributed by atoms with Crippen molar-refractivity contribution in [2.45, 2.75) is 19.4 Å². The zero-order valence-electron chi connectivity index (χ0n) is 12.5. The van der Waals surface area contributed by atoms with Crippen LogP contribution in [0.15, 0.2) is 29.6 Å². The number of hydrogen-bond acceptors (Lipinski definition) is 6. The normalized spacial score (nSPS) is 26.2. The first-order chi connectivity index (χ1) is 10.9. The molecule has 0 spiro atoms. The molecule has 1 aromatic heterocycles. The first-order valence-corrected chi connectivity index (χ1v) is 8.99. The molecule has 0 unspecified atom stereocenters. The van der Waals surface area contributed by atoms with E-state index in [1.807, 2.05) is 0 Å². The summed E-state index contributed by atoms with van der Waals surface area (Å²) in [6.45, 7) is 1.59. The van der Waals surface area contributed by atoms with Gasteiger partial charge in [-0.15, -0.1) is 0 Å². The van der Waals surface area contributed by atoms with Crippen molar-refractivity contribution >= 4 is 33.1 Å². The molecule has 0 aliphatic carbocycles. The van der Waals surface area contributed by atoms with Gasteiger partial charge in [-0.1, -0.05) is 0 Å². The molecule has 3 rings (SSSR count). The summed E-state index contributed by atoms with van der Waals surface area (Å²) in [6, 6.07) is 2.85. The van der Waals surface area contributed by atoms with E-state index in [-0.39, 0.29) is 11.5 Å². The Morgan fingerprint density at radius 1 is 1.43 bits per heavy atom. The van der Waals surface area contributed by atoms with Gasteiger partial charge < -0.3 is 5.32 Å². The van der Waals surface area contributed by atoms with Crippen LogP contribution in [0.5, 0.6) is 0 Å². The second-order valence-electron chi connectivity index (χ2n) is 5.65. The minimum atomic E-state index is -3.13. The van der Waals surface area contributed by atoms with Gasteiger partial charge >= 0.3 is 0 Å². The second kappa shape index (κ2) is 5.73. The van der Waals surface area contributed by atoms with E-state index in [1.165, 1.54) is 6.20 Å². The highest BCUT2D eigenvalue weighted by Gasteiger charge is 2.44. The minimum Gasteiger partial charge on any atom is -0.324 e. The molecule has 1 aromatic rings. The van der Waals surface area contributed by atoms with Gasteiger partial charge in [-0.3, -0.25) is 14.6 Å². The number of pyridine rings is 1. The lowest BCUT2D eigenvalue weighted by Gasteiger charge is -2.19. The molecule has 1 fully saturated rings. The quantitative estimate of drug-likeness (QED) is 0.784. The molecule has 0 aromatic carbocycles. The molecule has 23 heavy (non-hydrogen) atoms. The zero-order valence-corrected chi connectivity index (χ0v) is 13.3. The van der Waals surface area contributed by atoms with E-state index in [0.29, 0.717) is 17.8 Å². The number of hydrazone groups is 1. The Bertz CT molecular complexity index is 775. The molecule has 122 valence electrons. The SMILES string of the molecule is CC1=NN([C@@H]2CCS(=O)(=O)C2)C(=O)[C@@H]1C(=O)Nc1cccnc1. The summed E-state index contributed by atoms with van der Waals surface area (Å²) in [6.07, 6.45) is 3.40. The van der Waals surface area contributed by atoms with Gasteiger partial charge in [0.05, 0.1) is 35.1 Å². The number of hydrogen-bond donors (Lipinski definition) is 1. The average molecular weight is 336 g/mol. The third-order valence-corrected chi connectivity index (χ3v) is 5.65. The van der Waals surface area contributed by atoms with Gasteiger partial charge in [0.1, 0.15) is 0 Å². The summed E-state index contributed by atoms with van der Waals surface area (Å²) >= 11 is 0. The maximum absolute atomic E-state index is 12.5. The van der Waals surface area contributed by atoms with Crippen LogP contribution in [0, 0.1) is 5.92 Å². The topological polar surface area (TPSA) is 109 Å². The van der Waals surface area contributed by atoms with Crippen molar-refractivity contribution in [3.8, 4) is 0 Å². The van der Waals surface area contributed by atoms with Crippen LogP contribution in [0.1, 0.15) is 13.3 Å². The van der Waals surface area contributed by atoms with E-state index < -0.39 is 33.6 Å². The highest BCUT2D eigenvalue weighted by molar-refractivity contribution is 7.91. The Morgan fingerprint density at radius 2 is 2.22 bits per heavy atom. The molecular formula is C14H16N4O4S. The fourth-order valence-corrected chi connectivity index (χ4v) is 4.46. The molecule has 2 amide bonds. The Labute approximate surface area is 133 Å². The van der Waals surface area contributed by atoms with E-state index in [1.54, 1.807) is 25.3 Å². The molecule has 1 saturated heterocycles. The minimum absolute atomic E-state index is 0.0442. The van der Waals surface area contributed by atoms with Gasteiger partial charge in [-0.05, 0) is 25.5 Å². The van der Waals surface area contributed by atoms with Crippen LogP contribution in [-0.4, -0.2) is 53.5 Å². The fourth-order valence-electron chi connectivity index (χ4n) is 2.77. The van der Waals surface area contributed by atoms with Crippen LogP contribution >= 0.6 is 0 Å². The van der Waals surface area contributed by atoms with Gasteiger partial charge in [0, 0.05) is 6.20 Å². The van der Waals surface area contributed by atoms with Crippen molar-refractivity contribution in [3.63, 3.8) is 0 Å². The Kier molecular flexibility index (Phi) is 3.88. The number of carbonyl (C=O) groups is 2. The van der Waals surface area contributed by atoms with E-state index >= 15 is 0 Å². The molecule has 0 saturated carbocycles. The standard InChI is InChI=1S/C14H16N4O4S/c1-9-12(13(19)16-10-3-2-5-15-7-10)14(20)18(17-9)11-4-6-23(21,22)8-11/h2-3,5,7,11-12H,4,6,8H2,1H3,(H,16,19)/t11-,12+/m1/s1. The molecule has 9 heteroatoms. The lowest BCUT2D eigenvalue weighted by atomic mass is 10.0. The number of aromatic nitrogens is 1. The largest absolute Gasteiger partial charge is 0.324 e. The van der Waals surface area contributed by atoms with Crippen LogP contribution < -0.4 is 5.32 Å². The number of amides is 2. The molecule has 2 aliphatic rings. The predicted molar refractivity (Wildman–Crippen MR) is 83.4 cm³/mol. The van der Waals surface area contributed by atoms with Gasteiger partial charge in [0.25, 0.3) is 5.91 Å². The summed E-state index contributed by atoms with van der Waals surface area (Å²) in [5.74, 6) is -2.06. The first-order valence-electron chi connectivity index (χ1n) is 7.17. The summed E-state index contributed by atoms with van der Waals surface area (Å²) in [5.41, 5.74) is 0.848. The van der Waals surface area contributed by atoms with Crippen LogP contribution in [0.4, 0.5) is 5.69 Å². The number of nitrogens with zero attached hydrogens (tertiary/aromatic N) is 3. The van der Waals surface area contributed by atoms with Crippen molar-refractivity contribution in [3.05, 3.63) is 24.5 Å². The number of sulfone groups is 1. The highest BCUT2D eigenvalue weighted by Crippen LogP contribution is 2.25. The van der Waals surface area contributed by atoms with Gasteiger partial charge in [-0.2, -0.15) is 5.10 Å². The first kappa shape index (κ1) is 15.6. The van der Waals surface area contributed by atoms with Crippen LogP contribution in [-0.2, 0) is 19.4 Å². The third kappa shape index (κ3) is 3.09. The van der Waals surface area contributed by atoms with Gasteiger partial charge in [0.15, 0.2) is 15.8 Å². The monoisotopic (exact) mass is 336 g/mol. The number of carbonyl (C=O) groups excluding carboxylic acids is 2. The number of anilines is 1. The molecule has 2 atom stereocenters. The summed E-state index contributed by atoms with van der Waals surface area (Å²) in [5, 5.41) is 7.90. The lowest BCUT2D eigenvalue weighted by Crippen LogP contribution is -2.40. The molecule has 8 nitrogen and oxygen atoms in total. The van der Waals surface area contributed by atoms with E-state index in [4.69, 9.17) is 0 Å². The Balaban J connectivity index is 1.74. The average Bonchev–Trinajstić information content (AvgIpc) is 2.99. The van der Waals surface area contributed by atoms with Crippen molar-refractivity contribution in [2.75, 3.05) is 16.8 Å². The molecule has 2 aliphatic heterocycles. The maximum Gasteiger partial charge on any atom is 0.261 e. The summed E-state index contributed by atoms with van der Waals surface area (Å²) < 4.78 is 23.1. The Morgan fingerprint density at radius 3 is 2.83 bits per heavy atom. The second-order valence-corrected chi connectivity index (χ2v) is 7.87. The van der Waals surface area contributed by atoms with E-state index in [9.17, 15) is 18.0 Å². The zero-order chi connectivity index (χ0) is 16.6. The molecular weight excluding hydrogens is 320 g/mol. The van der Waals surface area contributed by atoms with Crippen LogP contribution in [0.3, 0.4) is 0 Å². The van der Waals surface area contributed by atoms with Gasteiger partial charge in [0.2, 0.25) is 5.91 Å². The van der Waals surface area contributed by atoms with E-state index in [2.05, 4.69) is 15.4 Å². The third-order valence-electron chi connectivity index (χ3n) is 3.90. The molecule has 0 bridgehead atoms. The summed E-state index contributed by atoms with van der Waals surface area (Å²) in [4.78, 5) is 28.7. The smallest absolute Gasteiger partial charge is 0.261 e. The van der Waals surface area contributed by atoms with Crippen LogP contribution in [0.25, 0.3) is 0 Å². The number of nitrogens with one attached hydrogen (secondary N) is 1. The predicted octanol–water partition coefficient (Wildman–Crippen LogP) is 0.0415. The number of rotatable bonds is 3. The Hall–Kier alpha value is -2.29. The molecule has 3 heterocycles. The van der Waals surface area contributed by atoms with Crippen molar-refractivity contribution in [1.29, 1.82) is 0 Å². The van der Waals surface area contributed by atoms with E-state index in [0.717, 1.165) is 5.01 Å². The lowest BCUT2D eigenvalue weighted by molar-refractivity contribution is -0.137. The van der Waals surface area contributed by atoms with Gasteiger partial charge in [-0.25, -0.2) is 13.4 Å².